The molecule has 13 heavy (non-hydrogen) atoms. The number of hydrogen-bond acceptors (Lipinski definition) is 5. The van der Waals surface area contributed by atoms with Crippen LogP contribution in [0.1, 0.15) is 6.92 Å². The minimum Gasteiger partial charge on any atom is -0.459 e. The molecule has 0 fully saturated rings. The first-order valence-corrected chi connectivity index (χ1v) is 3.64. The van der Waals surface area contributed by atoms with Gasteiger partial charge in [-0.05, 0) is 6.92 Å². The van der Waals surface area contributed by atoms with Crippen LogP contribution in [0.25, 0.3) is 0 Å². The lowest BCUT2D eigenvalue weighted by molar-refractivity contribution is -0.140. The number of hydrogen-bond donors (Lipinski definition) is 0. The third kappa shape index (κ3) is 5.72. The van der Waals surface area contributed by atoms with Crippen LogP contribution in [-0.4, -0.2) is 31.9 Å². The number of carbonyl (C=O) groups is 2. The van der Waals surface area contributed by atoms with Crippen molar-refractivity contribution >= 4 is 12.1 Å². The highest BCUT2D eigenvalue weighted by Crippen LogP contribution is 1.95. The van der Waals surface area contributed by atoms with E-state index < -0.39 is 18.2 Å². The summed E-state index contributed by atoms with van der Waals surface area (Å²) in [6.45, 7) is 4.77. The van der Waals surface area contributed by atoms with E-state index in [0.29, 0.717) is 0 Å². The minimum atomic E-state index is -0.804. The molecule has 0 radical (unpaired) electrons. The lowest BCUT2D eigenvalue weighted by atomic mass is 10.4. The summed E-state index contributed by atoms with van der Waals surface area (Å²) in [7, 11) is 1.20. The monoisotopic (exact) mass is 188 g/mol. The highest BCUT2D eigenvalue weighted by atomic mass is 16.7. The molecule has 0 aromatic carbocycles. The van der Waals surface area contributed by atoms with Crippen molar-refractivity contribution in [2.45, 2.75) is 13.0 Å². The first-order chi connectivity index (χ1) is 6.10. The van der Waals surface area contributed by atoms with E-state index in [4.69, 9.17) is 0 Å². The summed E-state index contributed by atoms with van der Waals surface area (Å²) < 4.78 is 13.5. The maximum Gasteiger partial charge on any atom is 0.508 e. The Bertz CT molecular complexity index is 199. The average molecular weight is 188 g/mol. The first-order valence-electron chi connectivity index (χ1n) is 3.64. The SMILES string of the molecule is C=CC(=O)OCC(C)OC(=O)OC. The van der Waals surface area contributed by atoms with Crippen LogP contribution >= 0.6 is 0 Å². The predicted octanol–water partition coefficient (Wildman–Crippen LogP) is 0.887. The summed E-state index contributed by atoms with van der Waals surface area (Å²) in [6.07, 6.45) is -0.302. The fraction of sp³-hybridized carbons (Fsp3) is 0.500. The van der Waals surface area contributed by atoms with E-state index in [1.54, 1.807) is 6.92 Å². The Labute approximate surface area is 76.3 Å². The van der Waals surface area contributed by atoms with Crippen molar-refractivity contribution in [1.29, 1.82) is 0 Å². The van der Waals surface area contributed by atoms with Gasteiger partial charge in [0.05, 0.1) is 7.11 Å². The fourth-order valence-corrected chi connectivity index (χ4v) is 0.505. The zero-order valence-electron chi connectivity index (χ0n) is 7.61. The third-order valence-corrected chi connectivity index (χ3v) is 1.09. The highest BCUT2D eigenvalue weighted by Gasteiger charge is 2.10. The second-order valence-corrected chi connectivity index (χ2v) is 2.22. The molecule has 0 spiro atoms. The largest absolute Gasteiger partial charge is 0.508 e. The van der Waals surface area contributed by atoms with Gasteiger partial charge in [0.25, 0.3) is 0 Å². The summed E-state index contributed by atoms with van der Waals surface area (Å²) in [5.41, 5.74) is 0. The van der Waals surface area contributed by atoms with Gasteiger partial charge in [-0.3, -0.25) is 0 Å². The van der Waals surface area contributed by atoms with E-state index in [-0.39, 0.29) is 6.61 Å². The van der Waals surface area contributed by atoms with Gasteiger partial charge in [-0.2, -0.15) is 0 Å². The highest BCUT2D eigenvalue weighted by molar-refractivity contribution is 5.81. The van der Waals surface area contributed by atoms with Crippen LogP contribution in [0, 0.1) is 0 Å². The molecule has 74 valence electrons. The molecule has 0 amide bonds. The number of rotatable bonds is 4. The molecule has 0 aromatic rings. The Morgan fingerprint density at radius 1 is 1.54 bits per heavy atom. The van der Waals surface area contributed by atoms with E-state index >= 15 is 0 Å². The smallest absolute Gasteiger partial charge is 0.459 e. The number of methoxy groups -OCH3 is 1. The van der Waals surface area contributed by atoms with Crippen molar-refractivity contribution in [2.24, 2.45) is 0 Å². The molecule has 0 saturated carbocycles. The molecule has 1 unspecified atom stereocenters. The van der Waals surface area contributed by atoms with Crippen LogP contribution in [0.5, 0.6) is 0 Å². The average Bonchev–Trinajstić information content (AvgIpc) is 2.13. The van der Waals surface area contributed by atoms with Crippen molar-refractivity contribution in [1.82, 2.24) is 0 Å². The Morgan fingerprint density at radius 3 is 2.62 bits per heavy atom. The Kier molecular flexibility index (Phi) is 5.34. The summed E-state index contributed by atoms with van der Waals surface area (Å²) in [4.78, 5) is 21.1. The Hall–Kier alpha value is -1.52. The molecule has 0 aromatic heterocycles. The zero-order chi connectivity index (χ0) is 10.3. The van der Waals surface area contributed by atoms with Crippen LogP contribution in [0.15, 0.2) is 12.7 Å². The van der Waals surface area contributed by atoms with Crippen LogP contribution < -0.4 is 0 Å². The maximum absolute atomic E-state index is 10.6. The van der Waals surface area contributed by atoms with Gasteiger partial charge in [-0.1, -0.05) is 6.58 Å². The van der Waals surface area contributed by atoms with E-state index in [0.717, 1.165) is 6.08 Å². The lowest BCUT2D eigenvalue weighted by Crippen LogP contribution is -2.21. The quantitative estimate of drug-likeness (QED) is 0.484. The summed E-state index contributed by atoms with van der Waals surface area (Å²) in [6, 6.07) is 0. The van der Waals surface area contributed by atoms with Crippen LogP contribution in [-0.2, 0) is 19.0 Å². The van der Waals surface area contributed by atoms with E-state index in [2.05, 4.69) is 20.8 Å². The molecular weight excluding hydrogens is 176 g/mol. The molecule has 1 atom stereocenters. The molecular formula is C8H12O5. The molecule has 0 saturated heterocycles. The third-order valence-electron chi connectivity index (χ3n) is 1.09. The second-order valence-electron chi connectivity index (χ2n) is 2.22. The Morgan fingerprint density at radius 2 is 2.15 bits per heavy atom. The lowest BCUT2D eigenvalue weighted by Gasteiger charge is -2.11. The number of ether oxygens (including phenoxy) is 3. The van der Waals surface area contributed by atoms with Gasteiger partial charge in [0, 0.05) is 6.08 Å². The molecule has 0 aliphatic heterocycles. The second kappa shape index (κ2) is 6.05. The number of carbonyl (C=O) groups excluding carboxylic acids is 2. The predicted molar refractivity (Wildman–Crippen MR) is 44.1 cm³/mol. The van der Waals surface area contributed by atoms with E-state index in [1.165, 1.54) is 7.11 Å². The van der Waals surface area contributed by atoms with E-state index in [9.17, 15) is 9.59 Å². The molecule has 0 aliphatic carbocycles. The van der Waals surface area contributed by atoms with Gasteiger partial charge in [-0.15, -0.1) is 0 Å². The van der Waals surface area contributed by atoms with E-state index in [1.807, 2.05) is 0 Å². The molecule has 5 heteroatoms. The summed E-state index contributed by atoms with van der Waals surface area (Å²) in [5, 5.41) is 0. The topological polar surface area (TPSA) is 61.8 Å². The standard InChI is InChI=1S/C8H12O5/c1-4-7(9)12-5-6(2)13-8(10)11-3/h4,6H,1,5H2,2-3H3. The van der Waals surface area contributed by atoms with Crippen LogP contribution in [0.4, 0.5) is 4.79 Å². The molecule has 0 rings (SSSR count). The molecule has 0 heterocycles. The van der Waals surface area contributed by atoms with Crippen LogP contribution in [0.3, 0.4) is 0 Å². The minimum absolute atomic E-state index is 0.0139. The normalized spacial score (nSPS) is 11.2. The zero-order valence-corrected chi connectivity index (χ0v) is 7.61. The van der Waals surface area contributed by atoms with Gasteiger partial charge < -0.3 is 14.2 Å². The molecule has 5 nitrogen and oxygen atoms in total. The van der Waals surface area contributed by atoms with Crippen molar-refractivity contribution in [2.75, 3.05) is 13.7 Å². The van der Waals surface area contributed by atoms with Crippen molar-refractivity contribution in [3.63, 3.8) is 0 Å². The van der Waals surface area contributed by atoms with Gasteiger partial charge in [0.2, 0.25) is 0 Å². The van der Waals surface area contributed by atoms with Crippen molar-refractivity contribution in [3.8, 4) is 0 Å². The van der Waals surface area contributed by atoms with Crippen molar-refractivity contribution in [3.05, 3.63) is 12.7 Å². The van der Waals surface area contributed by atoms with Gasteiger partial charge in [0.1, 0.15) is 12.7 Å². The molecule has 0 aliphatic rings. The Balaban J connectivity index is 3.62. The fourth-order valence-electron chi connectivity index (χ4n) is 0.505. The van der Waals surface area contributed by atoms with Gasteiger partial charge in [-0.25, -0.2) is 9.59 Å². The molecule has 0 bridgehead atoms. The van der Waals surface area contributed by atoms with Gasteiger partial charge >= 0.3 is 12.1 Å². The maximum atomic E-state index is 10.6. The molecule has 0 N–H and O–H groups in total. The van der Waals surface area contributed by atoms with Gasteiger partial charge in [0.15, 0.2) is 0 Å². The summed E-state index contributed by atoms with van der Waals surface area (Å²) >= 11 is 0. The number of esters is 1. The summed E-state index contributed by atoms with van der Waals surface area (Å²) in [5.74, 6) is -0.555. The van der Waals surface area contributed by atoms with Crippen LogP contribution in [0.2, 0.25) is 0 Å². The first kappa shape index (κ1) is 11.5. The van der Waals surface area contributed by atoms with Crippen molar-refractivity contribution < 1.29 is 23.8 Å².